The van der Waals surface area contributed by atoms with Gasteiger partial charge in [0.05, 0.1) is 11.1 Å². The number of carbonyl (C=O) groups excluding carboxylic acids is 2. The lowest BCUT2D eigenvalue weighted by Crippen LogP contribution is -2.25. The molecule has 0 aliphatic carbocycles. The molecule has 0 bridgehead atoms. The van der Waals surface area contributed by atoms with E-state index >= 15 is 0 Å². The third-order valence-corrected chi connectivity index (χ3v) is 15.2. The van der Waals surface area contributed by atoms with Crippen LogP contribution in [0.5, 0.6) is 11.5 Å². The van der Waals surface area contributed by atoms with Gasteiger partial charge in [0.25, 0.3) is 11.8 Å². The molecule has 4 rings (SSSR count). The maximum absolute atomic E-state index is 13.6. The zero-order valence-electron chi connectivity index (χ0n) is 47.5. The summed E-state index contributed by atoms with van der Waals surface area (Å²) in [7, 11) is 0. The number of rotatable bonds is 48. The molecule has 0 spiro atoms. The second-order valence-corrected chi connectivity index (χ2v) is 22.0. The Morgan fingerprint density at radius 2 is 0.581 bits per heavy atom. The van der Waals surface area contributed by atoms with E-state index in [1.54, 1.807) is 0 Å². The van der Waals surface area contributed by atoms with E-state index in [0.29, 0.717) is 41.3 Å². The first-order valence-corrected chi connectivity index (χ1v) is 31.0. The van der Waals surface area contributed by atoms with Crippen molar-refractivity contribution in [3.63, 3.8) is 0 Å². The van der Waals surface area contributed by atoms with Gasteiger partial charge in [-0.2, -0.15) is 0 Å². The minimum atomic E-state index is -0.123. The molecule has 6 nitrogen and oxygen atoms in total. The normalized spacial score (nSPS) is 11.4. The molecule has 0 heterocycles. The van der Waals surface area contributed by atoms with E-state index < -0.39 is 0 Å². The molecule has 4 aromatic carbocycles. The molecule has 2 N–H and O–H groups in total. The summed E-state index contributed by atoms with van der Waals surface area (Å²) < 4.78 is 12.7. The molecule has 4 aromatic rings. The lowest BCUT2D eigenvalue weighted by atomic mass is 10.0. The number of hydrogen-bond donors (Lipinski definition) is 2. The van der Waals surface area contributed by atoms with Crippen molar-refractivity contribution in [1.29, 1.82) is 0 Å². The second kappa shape index (κ2) is 41.9. The van der Waals surface area contributed by atoms with Crippen LogP contribution in [0.15, 0.2) is 84.9 Å². The smallest absolute Gasteiger partial charge is 0.255 e. The Kier molecular flexibility index (Phi) is 35.2. The second-order valence-electron chi connectivity index (χ2n) is 22.0. The van der Waals surface area contributed by atoms with Crippen LogP contribution in [-0.2, 0) is 0 Å². The first-order valence-electron chi connectivity index (χ1n) is 31.0. The van der Waals surface area contributed by atoms with Crippen LogP contribution in [0, 0.1) is 0 Å². The zero-order chi connectivity index (χ0) is 52.4. The van der Waals surface area contributed by atoms with Crippen molar-refractivity contribution in [3.8, 4) is 11.5 Å². The number of hydrogen-bond acceptors (Lipinski definition) is 4. The van der Waals surface area contributed by atoms with Gasteiger partial charge in [-0.3, -0.25) is 9.59 Å². The lowest BCUT2D eigenvalue weighted by Gasteiger charge is -2.16. The molecule has 412 valence electrons. The minimum absolute atomic E-state index is 0.123. The molecule has 0 aliphatic heterocycles. The van der Waals surface area contributed by atoms with Gasteiger partial charge >= 0.3 is 0 Å². The fourth-order valence-corrected chi connectivity index (χ4v) is 10.4. The average molecular weight is 1020 g/mol. The summed E-state index contributed by atoms with van der Waals surface area (Å²) in [5, 5.41) is 10.3. The van der Waals surface area contributed by atoms with Crippen LogP contribution in [0.25, 0.3) is 21.5 Å². The highest BCUT2D eigenvalue weighted by Crippen LogP contribution is 2.29. The molecule has 0 fully saturated rings. The molecule has 6 heteroatoms. The quantitative estimate of drug-likeness (QED) is 0.0341. The minimum Gasteiger partial charge on any atom is -0.488 e. The number of benzene rings is 4. The first-order chi connectivity index (χ1) is 36.5. The highest BCUT2D eigenvalue weighted by Gasteiger charge is 2.17. The molecule has 0 atom stereocenters. The maximum Gasteiger partial charge on any atom is 0.255 e. The summed E-state index contributed by atoms with van der Waals surface area (Å²) in [5.41, 5.74) is 1.75. The van der Waals surface area contributed by atoms with E-state index in [1.807, 2.05) is 72.8 Å². The first kappa shape index (κ1) is 62.2. The Balaban J connectivity index is 1.09. The van der Waals surface area contributed by atoms with E-state index in [0.717, 1.165) is 47.2 Å². The molecule has 0 unspecified atom stereocenters. The van der Waals surface area contributed by atoms with Gasteiger partial charge in [-0.1, -0.05) is 300 Å². The van der Waals surface area contributed by atoms with E-state index in [-0.39, 0.29) is 25.0 Å². The lowest BCUT2D eigenvalue weighted by molar-refractivity contribution is 0.0941. The topological polar surface area (TPSA) is 76.7 Å². The van der Waals surface area contributed by atoms with Crippen LogP contribution >= 0.6 is 0 Å². The number of ether oxygens (including phenoxy) is 2. The van der Waals surface area contributed by atoms with Crippen molar-refractivity contribution in [3.05, 3.63) is 96.1 Å². The summed E-state index contributed by atoms with van der Waals surface area (Å²) in [4.78, 5) is 27.3. The monoisotopic (exact) mass is 1010 g/mol. The molecule has 0 aromatic heterocycles. The van der Waals surface area contributed by atoms with Gasteiger partial charge in [0.2, 0.25) is 0 Å². The molecular weight excluding hydrogens is 909 g/mol. The molecule has 74 heavy (non-hydrogen) atoms. The molecular formula is C68H106N2O4. The average Bonchev–Trinajstić information content (AvgIpc) is 3.42. The number of amides is 2. The summed E-state index contributed by atoms with van der Waals surface area (Å²) in [6, 6.07) is 23.9. The molecule has 0 aliphatic rings. The van der Waals surface area contributed by atoms with E-state index in [1.165, 1.54) is 218 Å². The van der Waals surface area contributed by atoms with Crippen LogP contribution in [0.2, 0.25) is 0 Å². The van der Waals surface area contributed by atoms with Crippen molar-refractivity contribution in [2.45, 2.75) is 258 Å². The van der Waals surface area contributed by atoms with Crippen molar-refractivity contribution in [1.82, 2.24) is 10.6 Å². The number of carbonyl (C=O) groups is 2. The van der Waals surface area contributed by atoms with Gasteiger partial charge in [0.1, 0.15) is 24.7 Å². The summed E-state index contributed by atoms with van der Waals surface area (Å²) in [5.74, 6) is 0.802. The van der Waals surface area contributed by atoms with Crippen LogP contribution < -0.4 is 20.1 Å². The molecule has 0 radical (unpaired) electrons. The summed E-state index contributed by atoms with van der Waals surface area (Å²) in [6.45, 7) is 10.5. The van der Waals surface area contributed by atoms with Gasteiger partial charge in [0, 0.05) is 13.1 Å². The predicted molar refractivity (Wildman–Crippen MR) is 319 cm³/mol. The van der Waals surface area contributed by atoms with Crippen LogP contribution in [0.3, 0.4) is 0 Å². The van der Waals surface area contributed by atoms with Crippen LogP contribution in [0.1, 0.15) is 279 Å². The van der Waals surface area contributed by atoms with Crippen LogP contribution in [-0.4, -0.2) is 38.1 Å². The fraction of sp³-hybridized carbons (Fsp3) is 0.647. The fourth-order valence-electron chi connectivity index (χ4n) is 10.4. The van der Waals surface area contributed by atoms with Gasteiger partial charge in [0.15, 0.2) is 0 Å². The van der Waals surface area contributed by atoms with Crippen molar-refractivity contribution < 1.29 is 19.1 Å². The van der Waals surface area contributed by atoms with E-state index in [2.05, 4.69) is 31.1 Å². The number of fused-ring (bicyclic) bond motifs is 2. The standard InChI is InChI=1S/C68H106N2O4/c1-4-6-8-10-12-14-16-18-20-22-24-26-28-30-32-34-36-38-44-50-69-67(71)63-52-59-46-40-42-48-61(59)54-65(63)73-56-58(3)57-74-66-55-62-49-43-41-47-60(62)53-64(66)68(72)70-51-45-39-37-35-33-31-29-27-25-23-21-19-17-15-13-11-9-7-5-2/h40-43,46-49,52-55H,3-39,44-45,50-51,56-57H2,1-2H3,(H,69,71)(H,70,72). The summed E-state index contributed by atoms with van der Waals surface area (Å²) >= 11 is 0. The van der Waals surface area contributed by atoms with Crippen molar-refractivity contribution in [2.24, 2.45) is 0 Å². The van der Waals surface area contributed by atoms with Gasteiger partial charge < -0.3 is 20.1 Å². The Morgan fingerprint density at radius 1 is 0.351 bits per heavy atom. The summed E-state index contributed by atoms with van der Waals surface area (Å²) in [6.07, 6.45) is 51.1. The molecule has 0 saturated heterocycles. The predicted octanol–water partition coefficient (Wildman–Crippen LogP) is 20.3. The highest BCUT2D eigenvalue weighted by atomic mass is 16.5. The third kappa shape index (κ3) is 28.0. The van der Waals surface area contributed by atoms with Crippen molar-refractivity contribution in [2.75, 3.05) is 26.3 Å². The third-order valence-electron chi connectivity index (χ3n) is 15.2. The van der Waals surface area contributed by atoms with Gasteiger partial charge in [-0.05, 0) is 64.2 Å². The Labute approximate surface area is 452 Å². The zero-order valence-corrected chi connectivity index (χ0v) is 47.5. The van der Waals surface area contributed by atoms with Gasteiger partial charge in [-0.15, -0.1) is 0 Å². The number of nitrogens with one attached hydrogen (secondary N) is 2. The van der Waals surface area contributed by atoms with Crippen molar-refractivity contribution >= 4 is 33.4 Å². The Hall–Kier alpha value is -4.32. The largest absolute Gasteiger partial charge is 0.488 e. The SMILES string of the molecule is C=C(COc1cc2ccccc2cc1C(=O)NCCCCCCCCCCCCCCCCCCCCC)COc1cc2ccccc2cc1C(=O)NCCCCCCCCCCCCCCCCCCCCC. The number of unbranched alkanes of at least 4 members (excludes halogenated alkanes) is 36. The maximum atomic E-state index is 13.6. The van der Waals surface area contributed by atoms with Crippen LogP contribution in [0.4, 0.5) is 0 Å². The van der Waals surface area contributed by atoms with Gasteiger partial charge in [-0.25, -0.2) is 0 Å². The highest BCUT2D eigenvalue weighted by molar-refractivity contribution is 6.02. The Morgan fingerprint density at radius 3 is 0.838 bits per heavy atom. The van der Waals surface area contributed by atoms with E-state index in [4.69, 9.17) is 9.47 Å². The molecule has 2 amide bonds. The van der Waals surface area contributed by atoms with E-state index in [9.17, 15) is 9.59 Å². The Bertz CT molecular complexity index is 1930. The molecule has 0 saturated carbocycles.